The van der Waals surface area contributed by atoms with Crippen molar-refractivity contribution in [2.24, 2.45) is 0 Å². The molecule has 0 bridgehead atoms. The fourth-order valence-corrected chi connectivity index (χ4v) is 1.54. The number of alkyl halides is 3. The Morgan fingerprint density at radius 1 is 1.05 bits per heavy atom. The van der Waals surface area contributed by atoms with E-state index in [-0.39, 0.29) is 19.6 Å². The maximum atomic E-state index is 12.1. The van der Waals surface area contributed by atoms with Crippen molar-refractivity contribution >= 4 is 0 Å². The number of aliphatic hydroxyl groups excluding tert-OH is 3. The number of aliphatic hydroxyl groups is 3. The molecular weight excluding hydrogens is 277 g/mol. The van der Waals surface area contributed by atoms with E-state index < -0.39 is 24.5 Å². The van der Waals surface area contributed by atoms with Gasteiger partial charge >= 0.3 is 6.18 Å². The molecule has 20 heavy (non-hydrogen) atoms. The molecule has 3 atom stereocenters. The van der Waals surface area contributed by atoms with Gasteiger partial charge < -0.3 is 20.1 Å². The van der Waals surface area contributed by atoms with Crippen LogP contribution in [0.4, 0.5) is 13.2 Å². The number of ether oxygens (including phenoxy) is 1. The normalized spacial score (nSPS) is 16.7. The van der Waals surface area contributed by atoms with Crippen molar-refractivity contribution in [1.29, 1.82) is 0 Å². The van der Waals surface area contributed by atoms with Gasteiger partial charge in [-0.25, -0.2) is 0 Å². The molecule has 0 heterocycles. The van der Waals surface area contributed by atoms with Crippen molar-refractivity contribution < 1.29 is 33.2 Å². The predicted octanol–water partition coefficient (Wildman–Crippen LogP) is 1.24. The molecule has 1 rings (SSSR count). The van der Waals surface area contributed by atoms with Crippen molar-refractivity contribution in [3.05, 3.63) is 35.9 Å². The first-order valence-electron chi connectivity index (χ1n) is 6.05. The van der Waals surface area contributed by atoms with Gasteiger partial charge in [-0.1, -0.05) is 30.3 Å². The molecule has 0 amide bonds. The van der Waals surface area contributed by atoms with E-state index in [0.717, 1.165) is 5.56 Å². The lowest BCUT2D eigenvalue weighted by atomic mass is 10.1. The zero-order valence-corrected chi connectivity index (χ0v) is 10.6. The molecule has 0 aliphatic heterocycles. The third-order valence-electron chi connectivity index (χ3n) is 2.72. The molecule has 7 heteroatoms. The van der Waals surface area contributed by atoms with E-state index in [2.05, 4.69) is 0 Å². The highest BCUT2D eigenvalue weighted by atomic mass is 19.4. The monoisotopic (exact) mass is 294 g/mol. The third kappa shape index (κ3) is 5.46. The van der Waals surface area contributed by atoms with Crippen molar-refractivity contribution in [2.45, 2.75) is 37.5 Å². The first-order chi connectivity index (χ1) is 9.32. The molecule has 0 aliphatic rings. The summed E-state index contributed by atoms with van der Waals surface area (Å²) in [5.41, 5.74) is 0.887. The third-order valence-corrected chi connectivity index (χ3v) is 2.72. The number of benzene rings is 1. The van der Waals surface area contributed by atoms with E-state index >= 15 is 0 Å². The van der Waals surface area contributed by atoms with Crippen LogP contribution < -0.4 is 0 Å². The van der Waals surface area contributed by atoms with E-state index in [9.17, 15) is 18.3 Å². The summed E-state index contributed by atoms with van der Waals surface area (Å²) in [7, 11) is 0. The van der Waals surface area contributed by atoms with Crippen LogP contribution >= 0.6 is 0 Å². The van der Waals surface area contributed by atoms with Gasteiger partial charge in [0.1, 0.15) is 6.10 Å². The van der Waals surface area contributed by atoms with E-state index in [1.54, 1.807) is 0 Å². The predicted molar refractivity (Wildman–Crippen MR) is 64.8 cm³/mol. The van der Waals surface area contributed by atoms with Crippen LogP contribution in [0.5, 0.6) is 0 Å². The van der Waals surface area contributed by atoms with Gasteiger partial charge in [-0.3, -0.25) is 0 Å². The molecule has 0 aromatic heterocycles. The Labute approximate surface area is 114 Å². The minimum atomic E-state index is -4.97. The van der Waals surface area contributed by atoms with Gasteiger partial charge in [-0.05, 0) is 12.0 Å². The quantitative estimate of drug-likeness (QED) is 0.662. The number of rotatable bonds is 7. The molecule has 0 aliphatic carbocycles. The van der Waals surface area contributed by atoms with E-state index in [0.29, 0.717) is 0 Å². The number of hydrogen-bond donors (Lipinski definition) is 3. The lowest BCUT2D eigenvalue weighted by Gasteiger charge is -2.24. The summed E-state index contributed by atoms with van der Waals surface area (Å²) in [6.07, 6.45) is -12.1. The molecule has 114 valence electrons. The molecule has 0 fully saturated rings. The van der Waals surface area contributed by atoms with E-state index in [4.69, 9.17) is 14.9 Å². The summed E-state index contributed by atoms with van der Waals surface area (Å²) in [6.45, 7) is 0.225. The Morgan fingerprint density at radius 2 is 1.65 bits per heavy atom. The van der Waals surface area contributed by atoms with Crippen LogP contribution in [0, 0.1) is 0 Å². The van der Waals surface area contributed by atoms with Crippen molar-refractivity contribution in [2.75, 3.05) is 6.61 Å². The average molecular weight is 294 g/mol. The summed E-state index contributed by atoms with van der Waals surface area (Å²) in [5.74, 6) is 0. The maximum Gasteiger partial charge on any atom is 0.417 e. The van der Waals surface area contributed by atoms with Crippen LogP contribution in [0.25, 0.3) is 0 Å². The van der Waals surface area contributed by atoms with Crippen molar-refractivity contribution in [3.63, 3.8) is 0 Å². The fourth-order valence-electron chi connectivity index (χ4n) is 1.54. The van der Waals surface area contributed by atoms with Crippen molar-refractivity contribution in [1.82, 2.24) is 0 Å². The molecular formula is C13H17F3O4. The highest BCUT2D eigenvalue weighted by molar-refractivity contribution is 5.13. The van der Waals surface area contributed by atoms with Crippen LogP contribution in [0.1, 0.15) is 12.0 Å². The van der Waals surface area contributed by atoms with Gasteiger partial charge in [0.05, 0.1) is 12.7 Å². The summed E-state index contributed by atoms with van der Waals surface area (Å²) in [5, 5.41) is 27.3. The Balaban J connectivity index is 2.28. The van der Waals surface area contributed by atoms with Crippen LogP contribution in [0.2, 0.25) is 0 Å². The molecule has 1 aromatic carbocycles. The molecule has 1 aromatic rings. The topological polar surface area (TPSA) is 69.9 Å². The smallest absolute Gasteiger partial charge is 0.390 e. The molecule has 0 saturated heterocycles. The van der Waals surface area contributed by atoms with Gasteiger partial charge in [0, 0.05) is 6.61 Å². The Morgan fingerprint density at radius 3 is 2.20 bits per heavy atom. The van der Waals surface area contributed by atoms with Crippen LogP contribution in [-0.4, -0.2) is 46.4 Å². The SMILES string of the molecule is OC(CCOCc1ccccc1)C(O)C(O)C(F)(F)F. The Kier molecular flexibility index (Phi) is 6.41. The Hall–Kier alpha value is -1.15. The number of halogens is 3. The lowest BCUT2D eigenvalue weighted by molar-refractivity contribution is -0.242. The molecule has 3 N–H and O–H groups in total. The fraction of sp³-hybridized carbons (Fsp3) is 0.538. The Bertz CT molecular complexity index is 383. The highest BCUT2D eigenvalue weighted by Gasteiger charge is 2.45. The second-order valence-corrected chi connectivity index (χ2v) is 4.37. The van der Waals surface area contributed by atoms with Gasteiger partial charge in [-0.2, -0.15) is 13.2 Å². The molecule has 0 spiro atoms. The van der Waals surface area contributed by atoms with Gasteiger partial charge in [0.2, 0.25) is 0 Å². The number of hydrogen-bond acceptors (Lipinski definition) is 4. The molecule has 0 saturated carbocycles. The van der Waals surface area contributed by atoms with Crippen LogP contribution in [0.3, 0.4) is 0 Å². The zero-order valence-electron chi connectivity index (χ0n) is 10.6. The summed E-state index contributed by atoms with van der Waals surface area (Å²) in [6, 6.07) is 9.10. The average Bonchev–Trinajstić information content (AvgIpc) is 2.41. The van der Waals surface area contributed by atoms with Gasteiger partial charge in [0.25, 0.3) is 0 Å². The maximum absolute atomic E-state index is 12.1. The first-order valence-corrected chi connectivity index (χ1v) is 6.05. The molecule has 0 radical (unpaired) electrons. The van der Waals surface area contributed by atoms with Crippen LogP contribution in [0.15, 0.2) is 30.3 Å². The van der Waals surface area contributed by atoms with Gasteiger partial charge in [0.15, 0.2) is 6.10 Å². The molecule has 3 unspecified atom stereocenters. The minimum absolute atomic E-state index is 0.0301. The lowest BCUT2D eigenvalue weighted by Crippen LogP contribution is -2.46. The standard InChI is InChI=1S/C13H17F3O4/c14-13(15,16)12(19)11(18)10(17)6-7-20-8-9-4-2-1-3-5-9/h1-5,10-12,17-19H,6-8H2. The van der Waals surface area contributed by atoms with E-state index in [1.807, 2.05) is 30.3 Å². The summed E-state index contributed by atoms with van der Waals surface area (Å²) in [4.78, 5) is 0. The summed E-state index contributed by atoms with van der Waals surface area (Å²) < 4.78 is 41.5. The molecule has 4 nitrogen and oxygen atoms in total. The second kappa shape index (κ2) is 7.58. The largest absolute Gasteiger partial charge is 0.417 e. The summed E-state index contributed by atoms with van der Waals surface area (Å²) >= 11 is 0. The minimum Gasteiger partial charge on any atom is -0.390 e. The zero-order chi connectivity index (χ0) is 15.2. The van der Waals surface area contributed by atoms with Crippen molar-refractivity contribution in [3.8, 4) is 0 Å². The van der Waals surface area contributed by atoms with Gasteiger partial charge in [-0.15, -0.1) is 0 Å². The highest BCUT2D eigenvalue weighted by Crippen LogP contribution is 2.24. The van der Waals surface area contributed by atoms with E-state index in [1.165, 1.54) is 0 Å². The first kappa shape index (κ1) is 16.9. The van der Waals surface area contributed by atoms with Crippen LogP contribution in [-0.2, 0) is 11.3 Å². The second-order valence-electron chi connectivity index (χ2n) is 4.37.